The number of guanidine groups is 1. The normalized spacial score (nSPS) is 14.3. The fourth-order valence-corrected chi connectivity index (χ4v) is 12.9. The molecule has 0 aliphatic heterocycles. The predicted octanol–water partition coefficient (Wildman–Crippen LogP) is 0.354. The van der Waals surface area contributed by atoms with Crippen LogP contribution in [0.4, 0.5) is 9.59 Å². The van der Waals surface area contributed by atoms with Crippen LogP contribution in [0.5, 0.6) is 0 Å². The second-order valence-electron chi connectivity index (χ2n) is 28.1. The summed E-state index contributed by atoms with van der Waals surface area (Å²) in [5.41, 5.74) is 25.9. The maximum atomic E-state index is 14.9. The largest absolute Gasteiger partial charge is 0.481 e. The standard InChI is InChI=1S/C75H103N19O16S/c1-38(2)49(36-84-70(107)59(39(3)4)91-63(100)41(7)29-45-34-82-50-21-12-10-19-47(45)50)64(101)87-56(32-46-35-83-51-22-13-11-20-48(46)51)68(105)92-60(40(5)6)71(108)93-72(62(78)99)111-75(110)90-55(31-42-25-26-43-17-8-9-18-44(43)30-42)67(104)85-52(24-16-28-81-73(79)80)65(102)88-57(37-95)69(106)94-74(109)89-53(23-14-15-27-76)66(103)86-54(61(77)98)33-58(96)97/h8-13,17-22,25-26,30,34-35,38-41,49,52-57,59-60,72,82-83,95H,14-16,23-24,27-29,31-33,36-37,76H2,1-7H3,(H2,77,98)(H2,78,99)(H,84,107)(H,85,104)(H,86,103)(H,87,101)(H,88,102)(H,90,110)(H,91,100)(H,92,105)(H,93,108)(H,96,97)(H4,79,80,81)(H2,89,94,106,109)/t41-,49-,52-,53-,54-,55-,56-,57-,59-,60-,72-/m0/s1. The average Bonchev–Trinajstić information content (AvgIpc) is 1.78. The lowest BCUT2D eigenvalue weighted by Crippen LogP contribution is -2.60. The van der Waals surface area contributed by atoms with Gasteiger partial charge in [0.2, 0.25) is 53.2 Å². The third-order valence-corrected chi connectivity index (χ3v) is 19.3. The Kier molecular flexibility index (Phi) is 34.1. The summed E-state index contributed by atoms with van der Waals surface area (Å²) in [4.78, 5) is 198. The minimum Gasteiger partial charge on any atom is -0.481 e. The smallest absolute Gasteiger partial charge is 0.322 e. The number of aromatic nitrogens is 2. The molecule has 0 saturated carbocycles. The van der Waals surface area contributed by atoms with E-state index in [-0.39, 0.29) is 81.7 Å². The molecule has 0 spiro atoms. The Morgan fingerprint density at radius 3 is 1.59 bits per heavy atom. The van der Waals surface area contributed by atoms with Crippen LogP contribution < -0.4 is 86.7 Å². The number of nitrogens with two attached hydrogens (primary N) is 4. The fourth-order valence-electron chi connectivity index (χ4n) is 12.1. The van der Waals surface area contributed by atoms with E-state index in [1.807, 2.05) is 60.0 Å². The number of hydrogen-bond acceptors (Lipinski definition) is 18. The van der Waals surface area contributed by atoms with Gasteiger partial charge in [0, 0.05) is 66.0 Å². The Morgan fingerprint density at radius 2 is 1.01 bits per heavy atom. The number of amides is 14. The molecule has 0 aliphatic rings. The van der Waals surface area contributed by atoms with E-state index in [2.05, 4.69) is 68.5 Å². The van der Waals surface area contributed by atoms with Crippen LogP contribution in [-0.4, -0.2) is 188 Å². The first-order valence-corrected chi connectivity index (χ1v) is 37.3. The maximum Gasteiger partial charge on any atom is 0.322 e. The van der Waals surface area contributed by atoms with E-state index in [1.165, 1.54) is 0 Å². The Bertz CT molecular complexity index is 4320. The van der Waals surface area contributed by atoms with Gasteiger partial charge >= 0.3 is 12.0 Å². The summed E-state index contributed by atoms with van der Waals surface area (Å²) in [6, 6.07) is 13.7. The molecule has 35 nitrogen and oxygen atoms in total. The molecular formula is C75H103N19O16S. The number of carbonyl (C=O) groups excluding carboxylic acids is 13. The first-order chi connectivity index (χ1) is 52.7. The number of nitrogens with one attached hydrogen (secondary N) is 15. The summed E-state index contributed by atoms with van der Waals surface area (Å²) in [6.07, 6.45) is 2.80. The molecule has 2 aromatic heterocycles. The molecule has 14 amide bonds. The molecule has 0 saturated heterocycles. The number of aliphatic hydroxyl groups is 1. The Labute approximate surface area is 645 Å². The number of primary amides is 2. The van der Waals surface area contributed by atoms with E-state index in [1.54, 1.807) is 97.1 Å². The lowest BCUT2D eigenvalue weighted by atomic mass is 9.93. The number of thioether (sulfide) groups is 1. The van der Waals surface area contributed by atoms with Crippen molar-refractivity contribution in [2.75, 3.05) is 26.2 Å². The molecule has 6 aromatic rings. The van der Waals surface area contributed by atoms with E-state index in [0.717, 1.165) is 38.1 Å². The number of carboxylic acids is 1. The van der Waals surface area contributed by atoms with Gasteiger partial charge < -0.3 is 102 Å². The minimum atomic E-state index is -1.93. The zero-order chi connectivity index (χ0) is 81.8. The summed E-state index contributed by atoms with van der Waals surface area (Å²) >= 11 is 0.153. The Balaban J connectivity index is 1.18. The van der Waals surface area contributed by atoms with Crippen LogP contribution in [0.15, 0.2) is 103 Å². The molecule has 0 radical (unpaired) electrons. The Morgan fingerprint density at radius 1 is 0.486 bits per heavy atom. The van der Waals surface area contributed by atoms with Gasteiger partial charge in [0.25, 0.3) is 17.1 Å². The topological polar surface area (TPSA) is 583 Å². The van der Waals surface area contributed by atoms with Crippen molar-refractivity contribution in [2.24, 2.45) is 52.5 Å². The summed E-state index contributed by atoms with van der Waals surface area (Å²) in [6.45, 7) is 10.8. The van der Waals surface area contributed by atoms with Crippen molar-refractivity contribution < 1.29 is 77.3 Å². The van der Waals surface area contributed by atoms with Crippen molar-refractivity contribution in [1.29, 1.82) is 5.41 Å². The van der Waals surface area contributed by atoms with Crippen molar-refractivity contribution >= 4 is 133 Å². The van der Waals surface area contributed by atoms with Gasteiger partial charge in [0.15, 0.2) is 11.3 Å². The van der Waals surface area contributed by atoms with E-state index < -0.39 is 173 Å². The number of carboxylic acid groups (broad SMARTS) is 1. The SMILES string of the molecule is CC(C)[C@H](CNC(=O)[C@@H](NC(=O)[C@@H](C)Cc1c[nH]c2ccccc12)C(C)C)C(=O)N[C@@H](Cc1c[nH]c2ccccc12)C(=O)N[C@H](C(=O)N[C@@H](SC(=O)N[C@@H](Cc1ccc2ccccc2c1)C(=O)N[C@@H](CCCNC(=N)N)C(=O)N[C@@H](CO)C(=O)NC(=O)N[C@@H](CCCCN)C(=O)N[C@@H](CC(=O)O)C(N)=O)C(N)=O)C(C)C. The van der Waals surface area contributed by atoms with Crippen molar-refractivity contribution in [1.82, 2.24) is 73.8 Å². The Hall–Kier alpha value is -11.7. The lowest BCUT2D eigenvalue weighted by Gasteiger charge is -2.29. The highest BCUT2D eigenvalue weighted by Gasteiger charge is 2.38. The van der Waals surface area contributed by atoms with Crippen molar-refractivity contribution in [3.05, 3.63) is 120 Å². The molecule has 11 atom stereocenters. The molecule has 4 aromatic carbocycles. The van der Waals surface area contributed by atoms with Crippen LogP contribution in [0.3, 0.4) is 0 Å². The molecule has 600 valence electrons. The summed E-state index contributed by atoms with van der Waals surface area (Å²) in [5, 5.41) is 57.5. The number of H-pyrrole nitrogens is 2. The number of fused-ring (bicyclic) bond motifs is 3. The number of para-hydroxylation sites is 2. The number of rotatable bonds is 43. The quantitative estimate of drug-likeness (QED) is 0.0106. The number of aliphatic hydroxyl groups excluding tert-OH is 1. The number of urea groups is 1. The third kappa shape index (κ3) is 27.2. The summed E-state index contributed by atoms with van der Waals surface area (Å²) in [7, 11) is 0. The molecular weight excluding hydrogens is 1460 g/mol. The molecule has 0 bridgehead atoms. The number of imide groups is 1. The van der Waals surface area contributed by atoms with Gasteiger partial charge in [-0.1, -0.05) is 127 Å². The number of carbonyl (C=O) groups is 14. The number of benzene rings is 4. The van der Waals surface area contributed by atoms with Gasteiger partial charge in [-0.05, 0) is 114 Å². The molecule has 111 heavy (non-hydrogen) atoms. The van der Waals surface area contributed by atoms with Gasteiger partial charge in [-0.15, -0.1) is 0 Å². The second kappa shape index (κ2) is 42.9. The first-order valence-electron chi connectivity index (χ1n) is 36.4. The molecule has 0 unspecified atom stereocenters. The molecule has 6 rings (SSSR count). The number of unbranched alkanes of at least 4 members (excludes halogenated alkanes) is 1. The van der Waals surface area contributed by atoms with E-state index in [9.17, 15) is 77.3 Å². The molecule has 2 heterocycles. The first kappa shape index (κ1) is 88.2. The van der Waals surface area contributed by atoms with Gasteiger partial charge in [-0.2, -0.15) is 0 Å². The third-order valence-electron chi connectivity index (χ3n) is 18.4. The molecule has 36 heteroatoms. The minimum absolute atomic E-state index is 0.000817. The number of aromatic amines is 2. The predicted molar refractivity (Wildman–Crippen MR) is 416 cm³/mol. The van der Waals surface area contributed by atoms with Gasteiger partial charge in [0.1, 0.15) is 48.3 Å². The zero-order valence-corrected chi connectivity index (χ0v) is 63.7. The average molecular weight is 1560 g/mol. The van der Waals surface area contributed by atoms with Gasteiger partial charge in [-0.3, -0.25) is 73.1 Å². The van der Waals surface area contributed by atoms with Crippen LogP contribution in [0.25, 0.3) is 32.6 Å². The lowest BCUT2D eigenvalue weighted by molar-refractivity contribution is -0.140. The van der Waals surface area contributed by atoms with Crippen molar-refractivity contribution in [3.8, 4) is 0 Å². The summed E-state index contributed by atoms with van der Waals surface area (Å²) in [5.74, 6) is -15.3. The van der Waals surface area contributed by atoms with Gasteiger partial charge in [-0.25, -0.2) is 4.79 Å². The summed E-state index contributed by atoms with van der Waals surface area (Å²) < 4.78 is 0. The highest BCUT2D eigenvalue weighted by molar-refractivity contribution is 8.14. The van der Waals surface area contributed by atoms with E-state index >= 15 is 0 Å². The maximum absolute atomic E-state index is 14.9. The molecule has 25 N–H and O–H groups in total. The highest BCUT2D eigenvalue weighted by atomic mass is 32.2. The van der Waals surface area contributed by atoms with Crippen molar-refractivity contribution in [3.63, 3.8) is 0 Å². The van der Waals surface area contributed by atoms with Crippen molar-refractivity contribution in [2.45, 2.75) is 160 Å². The fraction of sp³-hybridized carbons (Fsp3) is 0.453. The number of hydrogen-bond donors (Lipinski definition) is 21. The van der Waals surface area contributed by atoms with Crippen LogP contribution in [0, 0.1) is 35.0 Å². The second-order valence-corrected chi connectivity index (χ2v) is 29.2. The monoisotopic (exact) mass is 1560 g/mol. The highest BCUT2D eigenvalue weighted by Crippen LogP contribution is 2.24. The van der Waals surface area contributed by atoms with Crippen LogP contribution in [0.2, 0.25) is 0 Å². The van der Waals surface area contributed by atoms with Crippen LogP contribution in [-0.2, 0) is 76.8 Å². The zero-order valence-electron chi connectivity index (χ0n) is 62.9. The van der Waals surface area contributed by atoms with E-state index in [0.29, 0.717) is 24.0 Å². The number of aliphatic carboxylic acids is 1. The van der Waals surface area contributed by atoms with Crippen LogP contribution >= 0.6 is 11.8 Å². The molecule has 0 aliphatic carbocycles. The van der Waals surface area contributed by atoms with Gasteiger partial charge in [0.05, 0.1) is 18.9 Å². The van der Waals surface area contributed by atoms with Crippen LogP contribution in [0.1, 0.15) is 104 Å². The molecule has 0 fully saturated rings. The van der Waals surface area contributed by atoms with E-state index in [4.69, 9.17) is 28.3 Å².